The Morgan fingerprint density at radius 1 is 1.25 bits per heavy atom. The second-order valence-electron chi connectivity index (χ2n) is 4.82. The Labute approximate surface area is 139 Å². The van der Waals surface area contributed by atoms with Gasteiger partial charge in [-0.15, -0.1) is 0 Å². The van der Waals surface area contributed by atoms with E-state index in [0.717, 1.165) is 5.56 Å². The molecular weight excluding hydrogens is 308 g/mol. The highest BCUT2D eigenvalue weighted by Gasteiger charge is 2.08. The molecule has 0 bridgehead atoms. The Morgan fingerprint density at radius 3 is 2.50 bits per heavy atom. The summed E-state index contributed by atoms with van der Waals surface area (Å²) in [5.74, 6) is 1.21. The fourth-order valence-corrected chi connectivity index (χ4v) is 2.16. The van der Waals surface area contributed by atoms with Crippen LogP contribution >= 0.6 is 0 Å². The van der Waals surface area contributed by atoms with Gasteiger partial charge in [0.25, 0.3) is 5.69 Å². The van der Waals surface area contributed by atoms with Crippen molar-refractivity contribution in [3.05, 3.63) is 63.7 Å². The molecule has 0 saturated carbocycles. The molecule has 0 aliphatic rings. The number of nitrogens with zero attached hydrogens (tertiary/aromatic N) is 2. The van der Waals surface area contributed by atoms with Crippen molar-refractivity contribution in [1.82, 2.24) is 0 Å². The monoisotopic (exact) mass is 324 g/mol. The number of non-ortho nitro benzene ring substituents is 1. The highest BCUT2D eigenvalue weighted by Crippen LogP contribution is 2.30. The average molecular weight is 324 g/mol. The lowest BCUT2D eigenvalue weighted by Crippen LogP contribution is -1.95. The minimum Gasteiger partial charge on any atom is -0.493 e. The zero-order valence-electron chi connectivity index (χ0n) is 13.4. The molecule has 0 radical (unpaired) electrons. The van der Waals surface area contributed by atoms with Gasteiger partial charge in [0.05, 0.1) is 30.3 Å². The second kappa shape index (κ2) is 7.79. The molecule has 0 heterocycles. The maximum atomic E-state index is 10.7. The van der Waals surface area contributed by atoms with E-state index in [4.69, 9.17) is 9.47 Å². The maximum absolute atomic E-state index is 10.7. The third-order valence-corrected chi connectivity index (χ3v) is 3.31. The number of nitro groups is 1. The third kappa shape index (κ3) is 3.90. The van der Waals surface area contributed by atoms with Gasteiger partial charge in [-0.2, -0.15) is 5.26 Å². The van der Waals surface area contributed by atoms with Crippen LogP contribution in [0.1, 0.15) is 18.1 Å². The van der Waals surface area contributed by atoms with Crippen LogP contribution in [0.5, 0.6) is 11.5 Å². The van der Waals surface area contributed by atoms with Gasteiger partial charge in [-0.3, -0.25) is 10.1 Å². The Hall–Kier alpha value is -3.33. The first-order chi connectivity index (χ1) is 11.6. The lowest BCUT2D eigenvalue weighted by atomic mass is 10.0. The first kappa shape index (κ1) is 17.0. The minimum absolute atomic E-state index is 0.0150. The molecule has 24 heavy (non-hydrogen) atoms. The quantitative estimate of drug-likeness (QED) is 0.346. The Bertz CT molecular complexity index is 805. The first-order valence-electron chi connectivity index (χ1n) is 7.26. The van der Waals surface area contributed by atoms with Crippen molar-refractivity contribution in [2.24, 2.45) is 0 Å². The molecule has 122 valence electrons. The van der Waals surface area contributed by atoms with Crippen molar-refractivity contribution in [3.8, 4) is 17.6 Å². The predicted molar refractivity (Wildman–Crippen MR) is 90.7 cm³/mol. The molecule has 2 aromatic carbocycles. The highest BCUT2D eigenvalue weighted by molar-refractivity contribution is 5.90. The van der Waals surface area contributed by atoms with E-state index in [2.05, 4.69) is 6.07 Å². The van der Waals surface area contributed by atoms with Crippen LogP contribution in [0.4, 0.5) is 5.69 Å². The van der Waals surface area contributed by atoms with Crippen molar-refractivity contribution in [2.45, 2.75) is 6.92 Å². The third-order valence-electron chi connectivity index (χ3n) is 3.31. The van der Waals surface area contributed by atoms with Crippen molar-refractivity contribution < 1.29 is 14.4 Å². The van der Waals surface area contributed by atoms with Crippen LogP contribution in [0, 0.1) is 21.4 Å². The number of benzene rings is 2. The van der Waals surface area contributed by atoms with Gasteiger partial charge in [0.15, 0.2) is 11.5 Å². The number of allylic oxidation sites excluding steroid dienone is 1. The molecule has 0 aromatic heterocycles. The summed E-state index contributed by atoms with van der Waals surface area (Å²) in [7, 11) is 1.55. The number of ether oxygens (including phenoxy) is 2. The van der Waals surface area contributed by atoms with Gasteiger partial charge in [-0.25, -0.2) is 0 Å². The molecule has 0 aliphatic carbocycles. The molecule has 6 nitrogen and oxygen atoms in total. The minimum atomic E-state index is -0.475. The summed E-state index contributed by atoms with van der Waals surface area (Å²) in [4.78, 5) is 10.2. The summed E-state index contributed by atoms with van der Waals surface area (Å²) in [6, 6.07) is 13.3. The van der Waals surface area contributed by atoms with Crippen molar-refractivity contribution in [3.63, 3.8) is 0 Å². The molecular formula is C18H16N2O4. The van der Waals surface area contributed by atoms with Crippen LogP contribution in [-0.4, -0.2) is 18.6 Å². The van der Waals surface area contributed by atoms with E-state index in [9.17, 15) is 15.4 Å². The molecule has 0 N–H and O–H groups in total. The zero-order chi connectivity index (χ0) is 17.5. The van der Waals surface area contributed by atoms with E-state index in [-0.39, 0.29) is 5.69 Å². The van der Waals surface area contributed by atoms with Crippen LogP contribution in [0.25, 0.3) is 11.6 Å². The van der Waals surface area contributed by atoms with E-state index in [1.165, 1.54) is 12.1 Å². The normalized spacial score (nSPS) is 10.8. The molecule has 0 amide bonds. The van der Waals surface area contributed by atoms with Crippen molar-refractivity contribution in [2.75, 3.05) is 13.7 Å². The first-order valence-corrected chi connectivity index (χ1v) is 7.26. The lowest BCUT2D eigenvalue weighted by Gasteiger charge is -2.09. The zero-order valence-corrected chi connectivity index (χ0v) is 13.4. The largest absolute Gasteiger partial charge is 0.493 e. The summed E-state index contributed by atoms with van der Waals surface area (Å²) < 4.78 is 10.7. The SMILES string of the molecule is CCOc1ccc(C=C(C#N)c2ccc([N+](=O)[O-])cc2)cc1OC. The Balaban J connectivity index is 2.36. The topological polar surface area (TPSA) is 85.4 Å². The van der Waals surface area contributed by atoms with E-state index in [0.29, 0.717) is 29.2 Å². The molecule has 0 saturated heterocycles. The molecule has 2 aromatic rings. The van der Waals surface area contributed by atoms with E-state index >= 15 is 0 Å². The van der Waals surface area contributed by atoms with Crippen LogP contribution in [-0.2, 0) is 0 Å². The fraction of sp³-hybridized carbons (Fsp3) is 0.167. The summed E-state index contributed by atoms with van der Waals surface area (Å²) in [6.45, 7) is 2.41. The molecule has 0 atom stereocenters. The van der Waals surface area contributed by atoms with Gasteiger partial charge < -0.3 is 9.47 Å². The Kier molecular flexibility index (Phi) is 5.53. The van der Waals surface area contributed by atoms with Crippen LogP contribution < -0.4 is 9.47 Å². The number of nitro benzene ring substituents is 1. The van der Waals surface area contributed by atoms with E-state index < -0.39 is 4.92 Å². The summed E-state index contributed by atoms with van der Waals surface area (Å²) in [5.41, 5.74) is 1.76. The van der Waals surface area contributed by atoms with Gasteiger partial charge in [0, 0.05) is 12.1 Å². The van der Waals surface area contributed by atoms with E-state index in [1.807, 2.05) is 13.0 Å². The number of hydrogen-bond donors (Lipinski definition) is 0. The van der Waals surface area contributed by atoms with Gasteiger partial charge in [-0.05, 0) is 48.4 Å². The molecule has 2 rings (SSSR count). The number of nitriles is 1. The summed E-state index contributed by atoms with van der Waals surface area (Å²) in [6.07, 6.45) is 1.69. The Morgan fingerprint density at radius 2 is 1.96 bits per heavy atom. The number of methoxy groups -OCH3 is 1. The predicted octanol–water partition coefficient (Wildman–Crippen LogP) is 4.07. The van der Waals surface area contributed by atoms with Crippen LogP contribution in [0.3, 0.4) is 0 Å². The molecule has 0 spiro atoms. The van der Waals surface area contributed by atoms with Gasteiger partial charge in [-0.1, -0.05) is 6.07 Å². The molecule has 0 fully saturated rings. The number of rotatable bonds is 6. The van der Waals surface area contributed by atoms with Crippen molar-refractivity contribution >= 4 is 17.3 Å². The number of hydrogen-bond acceptors (Lipinski definition) is 5. The van der Waals surface area contributed by atoms with Gasteiger partial charge >= 0.3 is 0 Å². The lowest BCUT2D eigenvalue weighted by molar-refractivity contribution is -0.384. The maximum Gasteiger partial charge on any atom is 0.269 e. The van der Waals surface area contributed by atoms with E-state index in [1.54, 1.807) is 37.5 Å². The molecule has 0 aliphatic heterocycles. The highest BCUT2D eigenvalue weighted by atomic mass is 16.6. The summed E-state index contributed by atoms with van der Waals surface area (Å²) >= 11 is 0. The smallest absolute Gasteiger partial charge is 0.269 e. The van der Waals surface area contributed by atoms with Crippen LogP contribution in [0.15, 0.2) is 42.5 Å². The molecule has 0 unspecified atom stereocenters. The fourth-order valence-electron chi connectivity index (χ4n) is 2.16. The summed E-state index contributed by atoms with van der Waals surface area (Å²) in [5, 5.41) is 20.1. The molecule has 6 heteroatoms. The standard InChI is InChI=1S/C18H16N2O4/c1-3-24-17-9-4-13(11-18(17)23-2)10-15(12-19)14-5-7-16(8-6-14)20(21)22/h4-11H,3H2,1-2H3. The average Bonchev–Trinajstić information content (AvgIpc) is 2.61. The van der Waals surface area contributed by atoms with Gasteiger partial charge in [0.1, 0.15) is 0 Å². The second-order valence-corrected chi connectivity index (χ2v) is 4.82. The van der Waals surface area contributed by atoms with Gasteiger partial charge in [0.2, 0.25) is 0 Å². The van der Waals surface area contributed by atoms with Crippen molar-refractivity contribution in [1.29, 1.82) is 5.26 Å². The van der Waals surface area contributed by atoms with Crippen LogP contribution in [0.2, 0.25) is 0 Å².